The van der Waals surface area contributed by atoms with Crippen LogP contribution in [-0.4, -0.2) is 12.1 Å². The Morgan fingerprint density at radius 2 is 1.83 bits per heavy atom. The van der Waals surface area contributed by atoms with Gasteiger partial charge in [0.25, 0.3) is 0 Å². The Morgan fingerprint density at radius 1 is 1.67 bits per heavy atom. The standard InChI is InChI=1S/C2H6N2O2/c3-1(4)2(5)6/h1H,3-4H2,(H,5,6)/p-1. The van der Waals surface area contributed by atoms with Crippen molar-refractivity contribution in [3.63, 3.8) is 0 Å². The molecule has 0 spiro atoms. The van der Waals surface area contributed by atoms with E-state index in [1.807, 2.05) is 0 Å². The first kappa shape index (κ1) is 5.39. The molecule has 36 valence electrons. The lowest BCUT2D eigenvalue weighted by molar-refractivity contribution is -0.307. The van der Waals surface area contributed by atoms with E-state index >= 15 is 0 Å². The third-order valence-corrected chi connectivity index (χ3v) is 0.272. The zero-order chi connectivity index (χ0) is 5.15. The number of carboxylic acid groups (broad SMARTS) is 1. The predicted octanol–water partition coefficient (Wildman–Crippen LogP) is -3.02. The fraction of sp³-hybridized carbons (Fsp3) is 0.500. The number of rotatable bonds is 1. The summed E-state index contributed by atoms with van der Waals surface area (Å²) in [4.78, 5) is 9.34. The first-order valence-electron chi connectivity index (χ1n) is 1.36. The average molecular weight is 89.1 g/mol. The van der Waals surface area contributed by atoms with Gasteiger partial charge < -0.3 is 21.4 Å². The molecule has 0 rings (SSSR count). The fourth-order valence-electron chi connectivity index (χ4n) is 0. The number of carboxylic acids is 1. The van der Waals surface area contributed by atoms with Crippen molar-refractivity contribution >= 4 is 5.97 Å². The van der Waals surface area contributed by atoms with E-state index in [9.17, 15) is 9.90 Å². The summed E-state index contributed by atoms with van der Waals surface area (Å²) in [5.41, 5.74) is 9.10. The van der Waals surface area contributed by atoms with E-state index in [0.29, 0.717) is 0 Å². The van der Waals surface area contributed by atoms with Crippen LogP contribution in [0.2, 0.25) is 0 Å². The van der Waals surface area contributed by atoms with Crippen molar-refractivity contribution < 1.29 is 9.90 Å². The summed E-state index contributed by atoms with van der Waals surface area (Å²) in [5.74, 6) is -1.44. The maximum absolute atomic E-state index is 9.34. The van der Waals surface area contributed by atoms with E-state index in [-0.39, 0.29) is 0 Å². The van der Waals surface area contributed by atoms with Gasteiger partial charge in [0.2, 0.25) is 0 Å². The highest BCUT2D eigenvalue weighted by Crippen LogP contribution is 1.49. The number of carbonyl (C=O) groups excluding carboxylic acids is 1. The van der Waals surface area contributed by atoms with Gasteiger partial charge in [0, 0.05) is 0 Å². The largest absolute Gasteiger partial charge is 0.547 e. The van der Waals surface area contributed by atoms with Crippen molar-refractivity contribution in [2.24, 2.45) is 11.5 Å². The normalized spacial score (nSPS) is 9.17. The van der Waals surface area contributed by atoms with Crippen LogP contribution in [0.5, 0.6) is 0 Å². The lowest BCUT2D eigenvalue weighted by Crippen LogP contribution is -2.48. The van der Waals surface area contributed by atoms with Crippen molar-refractivity contribution in [2.45, 2.75) is 6.17 Å². The maximum atomic E-state index is 9.34. The summed E-state index contributed by atoms with van der Waals surface area (Å²) in [6.07, 6.45) is -1.34. The van der Waals surface area contributed by atoms with Crippen molar-refractivity contribution in [1.82, 2.24) is 0 Å². The molecule has 0 saturated carbocycles. The lowest BCUT2D eigenvalue weighted by atomic mass is 10.6. The molecule has 0 amide bonds. The molecule has 0 aliphatic heterocycles. The summed E-state index contributed by atoms with van der Waals surface area (Å²) < 4.78 is 0. The quantitative estimate of drug-likeness (QED) is 0.334. The van der Waals surface area contributed by atoms with Crippen LogP contribution in [0.4, 0.5) is 0 Å². The second-order valence-corrected chi connectivity index (χ2v) is 0.845. The fourth-order valence-corrected chi connectivity index (χ4v) is 0. The molecule has 0 saturated heterocycles. The van der Waals surface area contributed by atoms with Gasteiger partial charge in [-0.25, -0.2) is 0 Å². The third-order valence-electron chi connectivity index (χ3n) is 0.272. The van der Waals surface area contributed by atoms with E-state index in [1.54, 1.807) is 0 Å². The molecule has 0 aliphatic rings. The highest BCUT2D eigenvalue weighted by Gasteiger charge is 1.87. The van der Waals surface area contributed by atoms with E-state index in [1.165, 1.54) is 0 Å². The summed E-state index contributed by atoms with van der Waals surface area (Å²) in [5, 5.41) is 9.34. The van der Waals surface area contributed by atoms with Gasteiger partial charge in [0.1, 0.15) is 0 Å². The molecule has 0 heterocycles. The summed E-state index contributed by atoms with van der Waals surface area (Å²) in [7, 11) is 0. The van der Waals surface area contributed by atoms with Crippen LogP contribution >= 0.6 is 0 Å². The minimum absolute atomic E-state index is 1.34. The van der Waals surface area contributed by atoms with Crippen LogP contribution in [0, 0.1) is 0 Å². The third kappa shape index (κ3) is 1.68. The summed E-state index contributed by atoms with van der Waals surface area (Å²) in [6, 6.07) is 0. The maximum Gasteiger partial charge on any atom is 0.0932 e. The zero-order valence-corrected chi connectivity index (χ0v) is 3.05. The SMILES string of the molecule is NC(N)C(=O)[O-]. The number of hydrogen-bond acceptors (Lipinski definition) is 4. The minimum atomic E-state index is -1.44. The molecule has 0 atom stereocenters. The second-order valence-electron chi connectivity index (χ2n) is 0.845. The molecule has 4 nitrogen and oxygen atoms in total. The molecular formula is C2H5N2O2-. The van der Waals surface area contributed by atoms with Crippen LogP contribution in [0.15, 0.2) is 0 Å². The summed E-state index contributed by atoms with van der Waals surface area (Å²) >= 11 is 0. The predicted molar refractivity (Wildman–Crippen MR) is 17.2 cm³/mol. The molecule has 4 N–H and O–H groups in total. The van der Waals surface area contributed by atoms with Crippen LogP contribution in [0.25, 0.3) is 0 Å². The van der Waals surface area contributed by atoms with Crippen molar-refractivity contribution in [3.05, 3.63) is 0 Å². The van der Waals surface area contributed by atoms with Gasteiger partial charge in [-0.15, -0.1) is 0 Å². The monoisotopic (exact) mass is 89.0 g/mol. The molecule has 0 fully saturated rings. The second kappa shape index (κ2) is 1.74. The smallest absolute Gasteiger partial charge is 0.0932 e. The first-order valence-corrected chi connectivity index (χ1v) is 1.36. The topological polar surface area (TPSA) is 92.2 Å². The van der Waals surface area contributed by atoms with Crippen LogP contribution in [0.3, 0.4) is 0 Å². The van der Waals surface area contributed by atoms with Gasteiger partial charge >= 0.3 is 0 Å². The van der Waals surface area contributed by atoms with Crippen LogP contribution < -0.4 is 16.6 Å². The number of carbonyl (C=O) groups is 1. The van der Waals surface area contributed by atoms with Gasteiger partial charge in [0.15, 0.2) is 0 Å². The first-order chi connectivity index (χ1) is 2.64. The highest BCUT2D eigenvalue weighted by molar-refractivity contribution is 5.69. The summed E-state index contributed by atoms with van der Waals surface area (Å²) in [6.45, 7) is 0. The van der Waals surface area contributed by atoms with Crippen molar-refractivity contribution in [2.75, 3.05) is 0 Å². The Morgan fingerprint density at radius 3 is 1.83 bits per heavy atom. The van der Waals surface area contributed by atoms with Crippen LogP contribution in [-0.2, 0) is 4.79 Å². The Labute approximate surface area is 34.7 Å². The Kier molecular flexibility index (Phi) is 1.56. The zero-order valence-electron chi connectivity index (χ0n) is 3.05. The average Bonchev–Trinajstić information content (AvgIpc) is 1.36. The molecule has 4 heteroatoms. The van der Waals surface area contributed by atoms with Gasteiger partial charge in [0.05, 0.1) is 12.1 Å². The van der Waals surface area contributed by atoms with Crippen molar-refractivity contribution in [1.29, 1.82) is 0 Å². The molecule has 0 unspecified atom stereocenters. The lowest BCUT2D eigenvalue weighted by Gasteiger charge is -2.02. The Hall–Kier alpha value is -0.610. The molecule has 6 heavy (non-hydrogen) atoms. The number of nitrogens with two attached hydrogens (primary N) is 2. The minimum Gasteiger partial charge on any atom is -0.547 e. The van der Waals surface area contributed by atoms with E-state index in [4.69, 9.17) is 0 Å². The molecule has 0 aromatic rings. The molecule has 0 aromatic heterocycles. The van der Waals surface area contributed by atoms with Gasteiger partial charge in [-0.05, 0) is 0 Å². The van der Waals surface area contributed by atoms with Gasteiger partial charge in [-0.2, -0.15) is 0 Å². The molecular weight excluding hydrogens is 84.0 g/mol. The van der Waals surface area contributed by atoms with Crippen LogP contribution in [0.1, 0.15) is 0 Å². The van der Waals surface area contributed by atoms with Crippen molar-refractivity contribution in [3.8, 4) is 0 Å². The highest BCUT2D eigenvalue weighted by atomic mass is 16.4. The molecule has 0 aromatic carbocycles. The van der Waals surface area contributed by atoms with E-state index in [0.717, 1.165) is 0 Å². The Bertz CT molecular complexity index is 60.6. The van der Waals surface area contributed by atoms with Gasteiger partial charge in [-0.3, -0.25) is 0 Å². The molecule has 0 bridgehead atoms. The number of aliphatic carboxylic acids is 1. The number of hydrogen-bond donors (Lipinski definition) is 2. The molecule has 0 radical (unpaired) electrons. The van der Waals surface area contributed by atoms with E-state index < -0.39 is 12.1 Å². The van der Waals surface area contributed by atoms with E-state index in [2.05, 4.69) is 11.5 Å². The van der Waals surface area contributed by atoms with Gasteiger partial charge in [-0.1, -0.05) is 0 Å². The molecule has 0 aliphatic carbocycles. The Balaban J connectivity index is 3.26.